The van der Waals surface area contributed by atoms with Crippen molar-refractivity contribution < 1.29 is 19.4 Å². The Kier molecular flexibility index (Phi) is 5.32. The van der Waals surface area contributed by atoms with E-state index < -0.39 is 6.10 Å². The number of nitrogens with one attached hydrogen (secondary N) is 1. The smallest absolute Gasteiger partial charge is 0.410 e. The Bertz CT molecular complexity index is 572. The highest BCUT2D eigenvalue weighted by molar-refractivity contribution is 5.82. The fourth-order valence-electron chi connectivity index (χ4n) is 3.05. The van der Waals surface area contributed by atoms with Gasteiger partial charge in [0.2, 0.25) is 5.91 Å². The molecule has 3 rings (SSSR count). The normalized spacial score (nSPS) is 24.0. The first-order valence-electron chi connectivity index (χ1n) is 8.29. The van der Waals surface area contributed by atoms with Crippen LogP contribution in [0.25, 0.3) is 0 Å². The minimum atomic E-state index is -0.451. The van der Waals surface area contributed by atoms with Crippen molar-refractivity contribution in [1.82, 2.24) is 15.1 Å². The lowest BCUT2D eigenvalue weighted by Crippen LogP contribution is -2.54. The Hall–Kier alpha value is -2.12. The number of amides is 2. The zero-order chi connectivity index (χ0) is 16.9. The van der Waals surface area contributed by atoms with Crippen molar-refractivity contribution in [1.29, 1.82) is 0 Å². The van der Waals surface area contributed by atoms with Gasteiger partial charge in [-0.15, -0.1) is 0 Å². The molecule has 2 N–H and O–H groups in total. The van der Waals surface area contributed by atoms with Crippen molar-refractivity contribution in [3.63, 3.8) is 0 Å². The molecule has 2 aliphatic rings. The van der Waals surface area contributed by atoms with E-state index in [1.807, 2.05) is 30.3 Å². The van der Waals surface area contributed by atoms with E-state index in [1.54, 1.807) is 9.80 Å². The van der Waals surface area contributed by atoms with Gasteiger partial charge in [-0.1, -0.05) is 30.3 Å². The fraction of sp³-hybridized carbons (Fsp3) is 0.529. The average molecular weight is 333 g/mol. The zero-order valence-corrected chi connectivity index (χ0v) is 13.6. The molecule has 0 aromatic heterocycles. The minimum Gasteiger partial charge on any atom is -0.445 e. The molecule has 130 valence electrons. The van der Waals surface area contributed by atoms with Gasteiger partial charge >= 0.3 is 6.09 Å². The predicted octanol–water partition coefficient (Wildman–Crippen LogP) is 0.190. The van der Waals surface area contributed by atoms with Gasteiger partial charge in [0, 0.05) is 32.7 Å². The molecule has 2 saturated heterocycles. The molecule has 7 heteroatoms. The van der Waals surface area contributed by atoms with Crippen LogP contribution < -0.4 is 5.32 Å². The van der Waals surface area contributed by atoms with Crippen LogP contribution in [0, 0.1) is 0 Å². The number of ether oxygens (including phenoxy) is 1. The van der Waals surface area contributed by atoms with Crippen molar-refractivity contribution in [2.24, 2.45) is 0 Å². The monoisotopic (exact) mass is 333 g/mol. The van der Waals surface area contributed by atoms with E-state index in [2.05, 4.69) is 5.32 Å². The summed E-state index contributed by atoms with van der Waals surface area (Å²) >= 11 is 0. The molecule has 2 atom stereocenters. The molecule has 0 unspecified atom stereocenters. The molecule has 0 saturated carbocycles. The number of hydrogen-bond donors (Lipinski definition) is 2. The zero-order valence-electron chi connectivity index (χ0n) is 13.6. The van der Waals surface area contributed by atoms with Gasteiger partial charge < -0.3 is 25.0 Å². The molecule has 0 aliphatic carbocycles. The Morgan fingerprint density at radius 3 is 2.42 bits per heavy atom. The van der Waals surface area contributed by atoms with Crippen molar-refractivity contribution >= 4 is 12.0 Å². The van der Waals surface area contributed by atoms with Crippen LogP contribution in [0.15, 0.2) is 30.3 Å². The van der Waals surface area contributed by atoms with E-state index >= 15 is 0 Å². The third kappa shape index (κ3) is 4.04. The Morgan fingerprint density at radius 1 is 1.12 bits per heavy atom. The van der Waals surface area contributed by atoms with Crippen LogP contribution in [-0.4, -0.2) is 71.8 Å². The SMILES string of the molecule is O=C(OCc1ccccc1)N1CCN(C(=O)[C@@H]2C[C@@H](O)CN2)CC1. The maximum absolute atomic E-state index is 12.4. The number of carbonyl (C=O) groups excluding carboxylic acids is 2. The van der Waals surface area contributed by atoms with E-state index in [4.69, 9.17) is 4.74 Å². The summed E-state index contributed by atoms with van der Waals surface area (Å²) in [6.45, 7) is 2.63. The van der Waals surface area contributed by atoms with Crippen LogP contribution >= 0.6 is 0 Å². The Morgan fingerprint density at radius 2 is 1.79 bits per heavy atom. The average Bonchev–Trinajstić information content (AvgIpc) is 3.06. The molecule has 2 amide bonds. The van der Waals surface area contributed by atoms with Crippen molar-refractivity contribution in [2.75, 3.05) is 32.7 Å². The van der Waals surface area contributed by atoms with Crippen LogP contribution in [0.2, 0.25) is 0 Å². The quantitative estimate of drug-likeness (QED) is 0.825. The van der Waals surface area contributed by atoms with E-state index in [0.29, 0.717) is 39.1 Å². The predicted molar refractivity (Wildman–Crippen MR) is 87.2 cm³/mol. The standard InChI is InChI=1S/C17H23N3O4/c21-14-10-15(18-11-14)16(22)19-6-8-20(9-7-19)17(23)24-12-13-4-2-1-3-5-13/h1-5,14-15,18,21H,6-12H2/t14-,15+/m1/s1. The summed E-state index contributed by atoms with van der Waals surface area (Å²) in [5, 5.41) is 12.5. The van der Waals surface area contributed by atoms with Gasteiger partial charge in [-0.3, -0.25) is 4.79 Å². The summed E-state index contributed by atoms with van der Waals surface area (Å²) in [4.78, 5) is 27.8. The van der Waals surface area contributed by atoms with Gasteiger partial charge in [0.1, 0.15) is 6.61 Å². The molecule has 2 aliphatic heterocycles. The van der Waals surface area contributed by atoms with Crippen molar-refractivity contribution in [3.8, 4) is 0 Å². The fourth-order valence-corrected chi connectivity index (χ4v) is 3.05. The molecule has 2 fully saturated rings. The molecule has 2 heterocycles. The third-order valence-corrected chi connectivity index (χ3v) is 4.46. The molecule has 0 bridgehead atoms. The summed E-state index contributed by atoms with van der Waals surface area (Å²) in [5.74, 6) is 0.00357. The van der Waals surface area contributed by atoms with Crippen LogP contribution in [-0.2, 0) is 16.1 Å². The lowest BCUT2D eigenvalue weighted by atomic mass is 10.1. The maximum atomic E-state index is 12.4. The van der Waals surface area contributed by atoms with E-state index in [0.717, 1.165) is 5.56 Å². The van der Waals surface area contributed by atoms with Crippen molar-refractivity contribution in [2.45, 2.75) is 25.2 Å². The van der Waals surface area contributed by atoms with Gasteiger partial charge in [-0.25, -0.2) is 4.79 Å². The second-order valence-corrected chi connectivity index (χ2v) is 6.20. The lowest BCUT2D eigenvalue weighted by molar-refractivity contribution is -0.134. The highest BCUT2D eigenvalue weighted by Gasteiger charge is 2.33. The van der Waals surface area contributed by atoms with Crippen LogP contribution in [0.4, 0.5) is 4.79 Å². The maximum Gasteiger partial charge on any atom is 0.410 e. The molecule has 1 aromatic carbocycles. The largest absolute Gasteiger partial charge is 0.445 e. The molecule has 0 radical (unpaired) electrons. The first-order chi connectivity index (χ1) is 11.6. The van der Waals surface area contributed by atoms with E-state index in [9.17, 15) is 14.7 Å². The highest BCUT2D eigenvalue weighted by Crippen LogP contribution is 2.12. The molecule has 7 nitrogen and oxygen atoms in total. The molecule has 24 heavy (non-hydrogen) atoms. The number of aliphatic hydroxyl groups excluding tert-OH is 1. The van der Waals surface area contributed by atoms with Gasteiger partial charge in [0.15, 0.2) is 0 Å². The molecular formula is C17H23N3O4. The molecule has 0 spiro atoms. The third-order valence-electron chi connectivity index (χ3n) is 4.46. The van der Waals surface area contributed by atoms with E-state index in [1.165, 1.54) is 0 Å². The van der Waals surface area contributed by atoms with Gasteiger partial charge in [0.25, 0.3) is 0 Å². The number of piperazine rings is 1. The number of β-amino-alcohol motifs (C(OH)–C–C–N with tert-alkyl or cyclic N) is 1. The number of rotatable bonds is 3. The molecule has 1 aromatic rings. The second kappa shape index (κ2) is 7.63. The van der Waals surface area contributed by atoms with Crippen LogP contribution in [0.1, 0.15) is 12.0 Å². The number of carbonyl (C=O) groups is 2. The second-order valence-electron chi connectivity index (χ2n) is 6.20. The Balaban J connectivity index is 1.43. The minimum absolute atomic E-state index is 0.00357. The van der Waals surface area contributed by atoms with E-state index in [-0.39, 0.29) is 24.6 Å². The summed E-state index contributed by atoms with van der Waals surface area (Å²) in [6, 6.07) is 9.24. The first-order valence-corrected chi connectivity index (χ1v) is 8.29. The highest BCUT2D eigenvalue weighted by atomic mass is 16.6. The summed E-state index contributed by atoms with van der Waals surface area (Å²) in [6.07, 6.45) is -0.341. The summed E-state index contributed by atoms with van der Waals surface area (Å²) in [7, 11) is 0. The van der Waals surface area contributed by atoms with Crippen LogP contribution in [0.3, 0.4) is 0 Å². The van der Waals surface area contributed by atoms with Gasteiger partial charge in [0.05, 0.1) is 12.1 Å². The number of hydrogen-bond acceptors (Lipinski definition) is 5. The summed E-state index contributed by atoms with van der Waals surface area (Å²) in [5.41, 5.74) is 0.950. The number of nitrogens with zero attached hydrogens (tertiary/aromatic N) is 2. The lowest BCUT2D eigenvalue weighted by Gasteiger charge is -2.35. The topological polar surface area (TPSA) is 82.1 Å². The number of benzene rings is 1. The summed E-state index contributed by atoms with van der Waals surface area (Å²) < 4.78 is 5.32. The van der Waals surface area contributed by atoms with Gasteiger partial charge in [-0.05, 0) is 12.0 Å². The number of aliphatic hydroxyl groups is 1. The van der Waals surface area contributed by atoms with Crippen LogP contribution in [0.5, 0.6) is 0 Å². The van der Waals surface area contributed by atoms with Crippen molar-refractivity contribution in [3.05, 3.63) is 35.9 Å². The Labute approximate surface area is 141 Å². The van der Waals surface area contributed by atoms with Gasteiger partial charge in [-0.2, -0.15) is 0 Å². The molecular weight excluding hydrogens is 310 g/mol. The first kappa shape index (κ1) is 16.7.